The summed E-state index contributed by atoms with van der Waals surface area (Å²) in [5, 5.41) is 17.2. The third kappa shape index (κ3) is 7.89. The van der Waals surface area contributed by atoms with Crippen molar-refractivity contribution in [1.82, 2.24) is 14.9 Å². The van der Waals surface area contributed by atoms with E-state index in [1.165, 1.54) is 4.31 Å². The van der Waals surface area contributed by atoms with Crippen molar-refractivity contribution in [2.24, 2.45) is 4.99 Å². The number of sulfonamides is 1. The number of nitrogens with one attached hydrogen (secondary N) is 2. The van der Waals surface area contributed by atoms with Crippen LogP contribution in [0.5, 0.6) is 0 Å². The summed E-state index contributed by atoms with van der Waals surface area (Å²) in [4.78, 5) is 4.86. The Bertz CT molecular complexity index is 755. The van der Waals surface area contributed by atoms with Crippen LogP contribution in [0.1, 0.15) is 65.9 Å². The number of guanidine groups is 1. The third-order valence-corrected chi connectivity index (χ3v) is 7.15. The fraction of sp³-hybridized carbons (Fsp3) is 0.682. The van der Waals surface area contributed by atoms with Gasteiger partial charge in [0.15, 0.2) is 5.96 Å². The molecule has 0 unspecified atom stereocenters. The first-order valence-electron chi connectivity index (χ1n) is 10.9. The van der Waals surface area contributed by atoms with Gasteiger partial charge in [0.2, 0.25) is 10.0 Å². The van der Waals surface area contributed by atoms with Crippen LogP contribution in [0.15, 0.2) is 34.2 Å². The van der Waals surface area contributed by atoms with Crippen LogP contribution < -0.4 is 10.6 Å². The lowest BCUT2D eigenvalue weighted by Gasteiger charge is -2.28. The zero-order chi connectivity index (χ0) is 22.8. The lowest BCUT2D eigenvalue weighted by atomic mass is 9.93. The highest BCUT2D eigenvalue weighted by molar-refractivity contribution is 7.89. The summed E-state index contributed by atoms with van der Waals surface area (Å²) in [6.07, 6.45) is 3.34. The van der Waals surface area contributed by atoms with Crippen molar-refractivity contribution in [2.75, 3.05) is 20.1 Å². The van der Waals surface area contributed by atoms with Gasteiger partial charge in [-0.3, -0.25) is 0 Å². The quantitative estimate of drug-likeness (QED) is 0.343. The standard InChI is InChI=1S/C22H40N4O3S/c1-7-14-22(27,15-8-2)17-25-21(23-9-3)24-16-19-10-12-20(13-11-19)30(28,29)26(6)18(4)5/h10-13,18,27H,7-9,14-17H2,1-6H3,(H2,23,24,25). The van der Waals surface area contributed by atoms with E-state index in [2.05, 4.69) is 29.5 Å². The van der Waals surface area contributed by atoms with E-state index in [0.29, 0.717) is 25.6 Å². The number of aliphatic hydroxyl groups is 1. The van der Waals surface area contributed by atoms with E-state index in [9.17, 15) is 13.5 Å². The van der Waals surface area contributed by atoms with Gasteiger partial charge in [-0.2, -0.15) is 4.31 Å². The summed E-state index contributed by atoms with van der Waals surface area (Å²) < 4.78 is 26.5. The van der Waals surface area contributed by atoms with Crippen LogP contribution in [0.3, 0.4) is 0 Å². The molecule has 0 aliphatic rings. The van der Waals surface area contributed by atoms with E-state index in [1.807, 2.05) is 20.8 Å². The molecule has 0 amide bonds. The molecule has 0 heterocycles. The summed E-state index contributed by atoms with van der Waals surface area (Å²) in [6.45, 7) is 11.4. The minimum atomic E-state index is -3.49. The van der Waals surface area contributed by atoms with Crippen molar-refractivity contribution in [3.63, 3.8) is 0 Å². The largest absolute Gasteiger partial charge is 0.388 e. The van der Waals surface area contributed by atoms with Gasteiger partial charge in [0.25, 0.3) is 0 Å². The number of nitrogens with zero attached hydrogens (tertiary/aromatic N) is 2. The van der Waals surface area contributed by atoms with Gasteiger partial charge >= 0.3 is 0 Å². The molecule has 7 nitrogen and oxygen atoms in total. The average molecular weight is 441 g/mol. The highest BCUT2D eigenvalue weighted by Gasteiger charge is 2.25. The first-order chi connectivity index (χ1) is 14.1. The topological polar surface area (TPSA) is 94.0 Å². The van der Waals surface area contributed by atoms with E-state index in [0.717, 1.165) is 31.2 Å². The Balaban J connectivity index is 2.86. The molecule has 0 bridgehead atoms. The molecule has 0 aliphatic heterocycles. The summed E-state index contributed by atoms with van der Waals surface area (Å²) in [6, 6.07) is 6.73. The molecular weight excluding hydrogens is 400 g/mol. The summed E-state index contributed by atoms with van der Waals surface area (Å²) >= 11 is 0. The van der Waals surface area contributed by atoms with Gasteiger partial charge in [-0.25, -0.2) is 13.4 Å². The number of hydrogen-bond donors (Lipinski definition) is 3. The maximum atomic E-state index is 12.6. The van der Waals surface area contributed by atoms with E-state index in [4.69, 9.17) is 0 Å². The third-order valence-electron chi connectivity index (χ3n) is 5.11. The van der Waals surface area contributed by atoms with Gasteiger partial charge in [0, 0.05) is 26.2 Å². The summed E-state index contributed by atoms with van der Waals surface area (Å²) in [7, 11) is -1.90. The zero-order valence-electron chi connectivity index (χ0n) is 19.4. The predicted octanol–water partition coefficient (Wildman–Crippen LogP) is 3.10. The van der Waals surface area contributed by atoms with Gasteiger partial charge < -0.3 is 15.7 Å². The molecule has 1 aromatic rings. The summed E-state index contributed by atoms with van der Waals surface area (Å²) in [5.74, 6) is 0.638. The molecular formula is C22H40N4O3S. The maximum Gasteiger partial charge on any atom is 0.243 e. The second kappa shape index (κ2) is 12.3. The van der Waals surface area contributed by atoms with Crippen molar-refractivity contribution in [3.05, 3.63) is 29.8 Å². The molecule has 3 N–H and O–H groups in total. The maximum absolute atomic E-state index is 12.6. The molecule has 0 atom stereocenters. The Morgan fingerprint density at radius 3 is 2.13 bits per heavy atom. The Morgan fingerprint density at radius 2 is 1.67 bits per heavy atom. The summed E-state index contributed by atoms with van der Waals surface area (Å²) in [5.41, 5.74) is 0.175. The fourth-order valence-corrected chi connectivity index (χ4v) is 4.57. The normalized spacial score (nSPS) is 13.2. The SMILES string of the molecule is CCCC(O)(CCC)CNC(=NCc1ccc(S(=O)(=O)N(C)C(C)C)cc1)NCC. The highest BCUT2D eigenvalue weighted by atomic mass is 32.2. The van der Waals surface area contributed by atoms with E-state index in [-0.39, 0.29) is 10.9 Å². The van der Waals surface area contributed by atoms with Crippen LogP contribution in [0.2, 0.25) is 0 Å². The van der Waals surface area contributed by atoms with Crippen LogP contribution in [-0.2, 0) is 16.6 Å². The molecule has 0 saturated heterocycles. The molecule has 30 heavy (non-hydrogen) atoms. The van der Waals surface area contributed by atoms with Crippen molar-refractivity contribution in [1.29, 1.82) is 0 Å². The molecule has 0 saturated carbocycles. The molecule has 172 valence electrons. The molecule has 8 heteroatoms. The number of rotatable bonds is 12. The molecule has 0 aromatic heterocycles. The second-order valence-electron chi connectivity index (χ2n) is 8.03. The van der Waals surface area contributed by atoms with Gasteiger partial charge in [-0.1, -0.05) is 38.8 Å². The van der Waals surface area contributed by atoms with Gasteiger partial charge in [0.05, 0.1) is 17.0 Å². The first kappa shape index (κ1) is 26.4. The predicted molar refractivity (Wildman–Crippen MR) is 124 cm³/mol. The van der Waals surface area contributed by atoms with E-state index >= 15 is 0 Å². The van der Waals surface area contributed by atoms with Crippen LogP contribution >= 0.6 is 0 Å². The number of hydrogen-bond acceptors (Lipinski definition) is 4. The number of benzene rings is 1. The Morgan fingerprint density at radius 1 is 1.10 bits per heavy atom. The van der Waals surface area contributed by atoms with Crippen LogP contribution in [-0.4, -0.2) is 55.6 Å². The highest BCUT2D eigenvalue weighted by Crippen LogP contribution is 2.19. The van der Waals surface area contributed by atoms with Crippen molar-refractivity contribution in [3.8, 4) is 0 Å². The Labute approximate surface area is 183 Å². The molecule has 0 aliphatic carbocycles. The Kier molecular flexibility index (Phi) is 10.8. The average Bonchev–Trinajstić information content (AvgIpc) is 2.70. The van der Waals surface area contributed by atoms with E-state index < -0.39 is 15.6 Å². The Hall–Kier alpha value is -1.64. The van der Waals surface area contributed by atoms with Gasteiger partial charge in [-0.05, 0) is 51.3 Å². The monoisotopic (exact) mass is 440 g/mol. The van der Waals surface area contributed by atoms with Crippen LogP contribution in [0.25, 0.3) is 0 Å². The molecule has 0 radical (unpaired) electrons. The second-order valence-corrected chi connectivity index (χ2v) is 10.0. The van der Waals surface area contributed by atoms with Gasteiger partial charge in [-0.15, -0.1) is 0 Å². The lowest BCUT2D eigenvalue weighted by molar-refractivity contribution is 0.0257. The fourth-order valence-electron chi connectivity index (χ4n) is 3.20. The van der Waals surface area contributed by atoms with Crippen molar-refractivity contribution < 1.29 is 13.5 Å². The van der Waals surface area contributed by atoms with Crippen molar-refractivity contribution >= 4 is 16.0 Å². The minimum Gasteiger partial charge on any atom is -0.388 e. The first-order valence-corrected chi connectivity index (χ1v) is 12.3. The van der Waals surface area contributed by atoms with Gasteiger partial charge in [0.1, 0.15) is 0 Å². The van der Waals surface area contributed by atoms with Crippen LogP contribution in [0, 0.1) is 0 Å². The molecule has 0 spiro atoms. The molecule has 1 aromatic carbocycles. The van der Waals surface area contributed by atoms with Crippen molar-refractivity contribution in [2.45, 2.75) is 83.4 Å². The smallest absolute Gasteiger partial charge is 0.243 e. The zero-order valence-corrected chi connectivity index (χ0v) is 20.2. The number of aliphatic imine (C=N–C) groups is 1. The molecule has 1 rings (SSSR count). The molecule has 0 fully saturated rings. The van der Waals surface area contributed by atoms with Crippen LogP contribution in [0.4, 0.5) is 0 Å². The van der Waals surface area contributed by atoms with E-state index in [1.54, 1.807) is 31.3 Å². The lowest BCUT2D eigenvalue weighted by Crippen LogP contribution is -2.47. The minimum absolute atomic E-state index is 0.105.